The number of nitrogens with zero attached hydrogens (tertiary/aromatic N) is 1. The average molecular weight is 694 g/mol. The van der Waals surface area contributed by atoms with Crippen LogP contribution in [0.4, 0.5) is 17.1 Å². The first-order valence-electron chi connectivity index (χ1n) is 18.0. The molecule has 2 aromatic heterocycles. The highest BCUT2D eigenvalue weighted by atomic mass is 32.1. The molecule has 0 aliphatic heterocycles. The summed E-state index contributed by atoms with van der Waals surface area (Å²) in [5.41, 5.74) is 9.80. The second-order valence-electron chi connectivity index (χ2n) is 13.7. The molecule has 2 heterocycles. The van der Waals surface area contributed by atoms with E-state index in [4.69, 9.17) is 4.42 Å². The summed E-state index contributed by atoms with van der Waals surface area (Å²) in [6.45, 7) is 0. The largest absolute Gasteiger partial charge is 0.455 e. The number of hydrogen-bond donors (Lipinski definition) is 0. The van der Waals surface area contributed by atoms with Crippen molar-refractivity contribution < 1.29 is 4.42 Å². The van der Waals surface area contributed by atoms with Crippen molar-refractivity contribution in [1.29, 1.82) is 0 Å². The number of fused-ring (bicyclic) bond motifs is 9. The van der Waals surface area contributed by atoms with Crippen LogP contribution in [0.2, 0.25) is 0 Å². The van der Waals surface area contributed by atoms with Crippen molar-refractivity contribution in [2.75, 3.05) is 4.90 Å². The molecule has 2 nitrogen and oxygen atoms in total. The van der Waals surface area contributed by atoms with Gasteiger partial charge in [0.2, 0.25) is 0 Å². The normalized spacial score (nSPS) is 11.8. The molecule has 0 saturated heterocycles. The molecule has 0 spiro atoms. The van der Waals surface area contributed by atoms with Gasteiger partial charge in [0.25, 0.3) is 0 Å². The van der Waals surface area contributed by atoms with Crippen LogP contribution in [0.3, 0.4) is 0 Å². The van der Waals surface area contributed by atoms with Crippen LogP contribution >= 0.6 is 11.3 Å². The molecule has 0 atom stereocenters. The summed E-state index contributed by atoms with van der Waals surface area (Å²) in [5.74, 6) is 0. The molecule has 0 saturated carbocycles. The maximum Gasteiger partial charge on any atom is 0.143 e. The molecule has 9 aromatic carbocycles. The van der Waals surface area contributed by atoms with Gasteiger partial charge >= 0.3 is 0 Å². The molecule has 0 aliphatic carbocycles. The fourth-order valence-corrected chi connectivity index (χ4v) is 9.20. The Bertz CT molecular complexity index is 3190. The first-order valence-corrected chi connectivity index (χ1v) is 18.8. The summed E-state index contributed by atoms with van der Waals surface area (Å²) < 4.78 is 9.31. The zero-order valence-electron chi connectivity index (χ0n) is 28.7. The van der Waals surface area contributed by atoms with Gasteiger partial charge in [-0.2, -0.15) is 0 Å². The van der Waals surface area contributed by atoms with Gasteiger partial charge in [-0.1, -0.05) is 127 Å². The van der Waals surface area contributed by atoms with Crippen molar-refractivity contribution in [3.8, 4) is 22.3 Å². The molecule has 0 amide bonds. The third-order valence-corrected chi connectivity index (χ3v) is 11.8. The van der Waals surface area contributed by atoms with Gasteiger partial charge in [-0.25, -0.2) is 0 Å². The maximum atomic E-state index is 6.67. The second kappa shape index (κ2) is 11.9. The number of anilines is 3. The van der Waals surface area contributed by atoms with E-state index in [-0.39, 0.29) is 0 Å². The molecule has 0 radical (unpaired) electrons. The molecule has 53 heavy (non-hydrogen) atoms. The Morgan fingerprint density at radius 1 is 0.377 bits per heavy atom. The Balaban J connectivity index is 1.09. The van der Waals surface area contributed by atoms with E-state index >= 15 is 0 Å². The molecule has 248 valence electrons. The van der Waals surface area contributed by atoms with E-state index in [1.165, 1.54) is 58.6 Å². The van der Waals surface area contributed by atoms with Gasteiger partial charge < -0.3 is 9.32 Å². The zero-order valence-corrected chi connectivity index (χ0v) is 29.5. The van der Waals surface area contributed by atoms with E-state index in [1.807, 2.05) is 11.3 Å². The van der Waals surface area contributed by atoms with Gasteiger partial charge in [0.1, 0.15) is 11.2 Å². The summed E-state index contributed by atoms with van der Waals surface area (Å²) in [6.07, 6.45) is 0. The molecule has 0 N–H and O–H groups in total. The highest BCUT2D eigenvalue weighted by Gasteiger charge is 2.21. The van der Waals surface area contributed by atoms with Crippen LogP contribution < -0.4 is 4.90 Å². The van der Waals surface area contributed by atoms with Crippen LogP contribution in [0.5, 0.6) is 0 Å². The fraction of sp³-hybridized carbons (Fsp3) is 0. The van der Waals surface area contributed by atoms with Gasteiger partial charge in [-0.15, -0.1) is 11.3 Å². The van der Waals surface area contributed by atoms with E-state index in [2.05, 4.69) is 193 Å². The van der Waals surface area contributed by atoms with Crippen molar-refractivity contribution in [3.63, 3.8) is 0 Å². The Labute approximate surface area is 310 Å². The third kappa shape index (κ3) is 4.93. The third-order valence-electron chi connectivity index (χ3n) is 10.6. The average Bonchev–Trinajstić information content (AvgIpc) is 3.80. The number of furan rings is 1. The first-order chi connectivity index (χ1) is 26.2. The van der Waals surface area contributed by atoms with E-state index in [0.717, 1.165) is 44.4 Å². The van der Waals surface area contributed by atoms with Crippen molar-refractivity contribution in [2.45, 2.75) is 0 Å². The quantitative estimate of drug-likeness (QED) is 0.178. The van der Waals surface area contributed by atoms with Gasteiger partial charge in [0.15, 0.2) is 0 Å². The second-order valence-corrected chi connectivity index (χ2v) is 14.8. The fourth-order valence-electron chi connectivity index (χ4n) is 8.05. The van der Waals surface area contributed by atoms with Crippen molar-refractivity contribution in [3.05, 3.63) is 188 Å². The lowest BCUT2D eigenvalue weighted by molar-refractivity contribution is 0.672. The molecule has 11 rings (SSSR count). The Morgan fingerprint density at radius 2 is 1.04 bits per heavy atom. The first kappa shape index (κ1) is 30.0. The van der Waals surface area contributed by atoms with Crippen LogP contribution in [0, 0.1) is 0 Å². The predicted molar refractivity (Wildman–Crippen MR) is 227 cm³/mol. The summed E-state index contributed by atoms with van der Waals surface area (Å²) in [5, 5.41) is 9.62. The highest BCUT2D eigenvalue weighted by Crippen LogP contribution is 2.45. The predicted octanol–water partition coefficient (Wildman–Crippen LogP) is 15.1. The molecular formula is C50H31NOS. The molecule has 11 aromatic rings. The van der Waals surface area contributed by atoms with E-state index in [1.54, 1.807) is 0 Å². The minimum absolute atomic E-state index is 0.873. The summed E-state index contributed by atoms with van der Waals surface area (Å²) in [4.78, 5) is 2.38. The van der Waals surface area contributed by atoms with E-state index < -0.39 is 0 Å². The molecular weight excluding hydrogens is 663 g/mol. The van der Waals surface area contributed by atoms with Crippen LogP contribution in [0.1, 0.15) is 0 Å². The van der Waals surface area contributed by atoms with Gasteiger partial charge in [-0.05, 0) is 99.1 Å². The van der Waals surface area contributed by atoms with Gasteiger partial charge in [0.05, 0.1) is 11.1 Å². The van der Waals surface area contributed by atoms with Crippen LogP contribution in [-0.2, 0) is 0 Å². The van der Waals surface area contributed by atoms with Gasteiger partial charge in [-0.3, -0.25) is 0 Å². The Hall–Kier alpha value is -6.68. The van der Waals surface area contributed by atoms with Gasteiger partial charge in [0, 0.05) is 42.3 Å². The summed E-state index contributed by atoms with van der Waals surface area (Å²) in [7, 11) is 0. The SMILES string of the molecule is c1cc(-c2ccc3ccccc3c2)cc(N(c2ccc(-c3ccc4c(c3)sc3ccccc34)cc2)c2cccc3oc4c5ccccc5ccc4c23)c1. The van der Waals surface area contributed by atoms with Crippen molar-refractivity contribution in [1.82, 2.24) is 0 Å². The zero-order chi connectivity index (χ0) is 34.9. The molecule has 0 bridgehead atoms. The number of hydrogen-bond acceptors (Lipinski definition) is 3. The van der Waals surface area contributed by atoms with Crippen molar-refractivity contribution >= 4 is 92.1 Å². The lowest BCUT2D eigenvalue weighted by Gasteiger charge is -2.27. The number of benzene rings is 9. The monoisotopic (exact) mass is 693 g/mol. The lowest BCUT2D eigenvalue weighted by Crippen LogP contribution is -2.10. The minimum atomic E-state index is 0.873. The summed E-state index contributed by atoms with van der Waals surface area (Å²) >= 11 is 1.86. The van der Waals surface area contributed by atoms with Crippen LogP contribution in [0.15, 0.2) is 192 Å². The smallest absolute Gasteiger partial charge is 0.143 e. The van der Waals surface area contributed by atoms with Crippen molar-refractivity contribution in [2.24, 2.45) is 0 Å². The van der Waals surface area contributed by atoms with Crippen LogP contribution in [-0.4, -0.2) is 0 Å². The van der Waals surface area contributed by atoms with Crippen LogP contribution in [0.25, 0.3) is 85.9 Å². The molecule has 3 heteroatoms. The molecule has 0 aliphatic rings. The minimum Gasteiger partial charge on any atom is -0.455 e. The maximum absolute atomic E-state index is 6.67. The number of thiophene rings is 1. The number of rotatable bonds is 5. The molecule has 0 fully saturated rings. The standard InChI is InChI=1S/C50H31NOS/c1-2-11-35-29-37(20-19-32(35)9-1)36-12-7-13-40(30-36)51(45-16-8-17-46-49(45)44-28-23-34-10-3-4-14-41(34)50(44)52-46)39-25-21-33(22-26-39)38-24-27-43-42-15-5-6-18-47(42)53-48(43)31-38/h1-31H. The topological polar surface area (TPSA) is 16.4 Å². The molecule has 0 unspecified atom stereocenters. The lowest BCUT2D eigenvalue weighted by atomic mass is 9.99. The van der Waals surface area contributed by atoms with E-state index in [9.17, 15) is 0 Å². The van der Waals surface area contributed by atoms with E-state index in [0.29, 0.717) is 0 Å². The Morgan fingerprint density at radius 3 is 1.94 bits per heavy atom. The Kier molecular flexibility index (Phi) is 6.76. The summed E-state index contributed by atoms with van der Waals surface area (Å²) in [6, 6.07) is 68.0. The highest BCUT2D eigenvalue weighted by molar-refractivity contribution is 7.25.